The second-order valence-corrected chi connectivity index (χ2v) is 2.05. The molecule has 0 spiro atoms. The third-order valence-corrected chi connectivity index (χ3v) is 0.884. The molecule has 0 unspecified atom stereocenters. The zero-order valence-corrected chi connectivity index (χ0v) is 5.48. The molecule has 0 bridgehead atoms. The summed E-state index contributed by atoms with van der Waals surface area (Å²) in [5.74, 6) is 0. The van der Waals surface area contributed by atoms with Crippen molar-refractivity contribution in [2.24, 2.45) is 0 Å². The maximum atomic E-state index is 9.64. The molecule has 2 nitrogen and oxygen atoms in total. The van der Waals surface area contributed by atoms with Gasteiger partial charge in [-0.1, -0.05) is 0 Å². The van der Waals surface area contributed by atoms with Gasteiger partial charge in [-0.05, 0) is 27.1 Å². The SMILES string of the molecule is CN(C)CCC[C]=O. The van der Waals surface area contributed by atoms with Crippen LogP contribution in [-0.4, -0.2) is 31.8 Å². The highest BCUT2D eigenvalue weighted by Gasteiger charge is 1.87. The Morgan fingerprint density at radius 3 is 2.50 bits per heavy atom. The molecule has 0 saturated carbocycles. The van der Waals surface area contributed by atoms with E-state index in [0.29, 0.717) is 6.42 Å². The molecule has 0 fully saturated rings. The molecule has 0 aliphatic rings. The Bertz CT molecular complexity index is 61.5. The Labute approximate surface area is 50.5 Å². The van der Waals surface area contributed by atoms with Crippen molar-refractivity contribution in [1.29, 1.82) is 0 Å². The van der Waals surface area contributed by atoms with Crippen molar-refractivity contribution in [2.75, 3.05) is 20.6 Å². The number of rotatable bonds is 4. The van der Waals surface area contributed by atoms with Crippen molar-refractivity contribution >= 4 is 6.29 Å². The van der Waals surface area contributed by atoms with E-state index < -0.39 is 0 Å². The predicted molar refractivity (Wildman–Crippen MR) is 33.5 cm³/mol. The Morgan fingerprint density at radius 2 is 2.12 bits per heavy atom. The molecule has 0 aliphatic carbocycles. The molecular formula is C6H12NO. The van der Waals surface area contributed by atoms with Gasteiger partial charge in [0, 0.05) is 6.42 Å². The van der Waals surface area contributed by atoms with E-state index in [2.05, 4.69) is 4.90 Å². The standard InChI is InChI=1S/C6H12NO/c1-7(2)5-3-4-6-8/h3-5H2,1-2H3. The highest BCUT2D eigenvalue weighted by Crippen LogP contribution is 1.84. The van der Waals surface area contributed by atoms with Crippen molar-refractivity contribution in [3.05, 3.63) is 0 Å². The summed E-state index contributed by atoms with van der Waals surface area (Å²) in [6, 6.07) is 0. The molecule has 2 heteroatoms. The zero-order valence-electron chi connectivity index (χ0n) is 5.48. The summed E-state index contributed by atoms with van der Waals surface area (Å²) in [4.78, 5) is 11.7. The largest absolute Gasteiger partial charge is 0.309 e. The molecule has 1 radical (unpaired) electrons. The molecule has 0 heterocycles. The number of hydrogen-bond donors (Lipinski definition) is 0. The van der Waals surface area contributed by atoms with Gasteiger partial charge < -0.3 is 4.90 Å². The van der Waals surface area contributed by atoms with Gasteiger partial charge in [0.15, 0.2) is 6.29 Å². The topological polar surface area (TPSA) is 20.3 Å². The summed E-state index contributed by atoms with van der Waals surface area (Å²) in [7, 11) is 3.98. The van der Waals surface area contributed by atoms with Crippen LogP contribution < -0.4 is 0 Å². The van der Waals surface area contributed by atoms with Gasteiger partial charge in [-0.15, -0.1) is 0 Å². The molecule has 0 aromatic heterocycles. The molecule has 0 aromatic carbocycles. The first-order valence-corrected chi connectivity index (χ1v) is 2.77. The first-order chi connectivity index (χ1) is 3.77. The van der Waals surface area contributed by atoms with Gasteiger partial charge >= 0.3 is 0 Å². The van der Waals surface area contributed by atoms with E-state index in [4.69, 9.17) is 0 Å². The van der Waals surface area contributed by atoms with Gasteiger partial charge in [0.25, 0.3) is 0 Å². The molecule has 0 aliphatic heterocycles. The smallest absolute Gasteiger partial charge is 0.198 e. The number of unbranched alkanes of at least 4 members (excludes halogenated alkanes) is 1. The first kappa shape index (κ1) is 7.63. The molecule has 0 saturated heterocycles. The Balaban J connectivity index is 2.81. The molecule has 0 atom stereocenters. The summed E-state index contributed by atoms with van der Waals surface area (Å²) in [6.45, 7) is 0.981. The minimum absolute atomic E-state index is 0.568. The summed E-state index contributed by atoms with van der Waals surface area (Å²) in [5.41, 5.74) is 0. The number of nitrogens with zero attached hydrogens (tertiary/aromatic N) is 1. The molecule has 8 heavy (non-hydrogen) atoms. The number of hydrogen-bond acceptors (Lipinski definition) is 2. The minimum atomic E-state index is 0.568. The van der Waals surface area contributed by atoms with E-state index in [1.807, 2.05) is 20.4 Å². The predicted octanol–water partition coefficient (Wildman–Crippen LogP) is 0.438. The molecule has 0 aromatic rings. The van der Waals surface area contributed by atoms with E-state index in [-0.39, 0.29) is 0 Å². The zero-order chi connectivity index (χ0) is 6.41. The quantitative estimate of drug-likeness (QED) is 0.494. The Kier molecular flexibility index (Phi) is 4.56. The second-order valence-electron chi connectivity index (χ2n) is 2.05. The van der Waals surface area contributed by atoms with Crippen LogP contribution in [0.4, 0.5) is 0 Å². The first-order valence-electron chi connectivity index (χ1n) is 2.77. The molecular weight excluding hydrogens is 102 g/mol. The van der Waals surface area contributed by atoms with Gasteiger partial charge in [0.05, 0.1) is 0 Å². The maximum absolute atomic E-state index is 9.64. The molecule has 47 valence electrons. The van der Waals surface area contributed by atoms with Crippen molar-refractivity contribution in [3.8, 4) is 0 Å². The van der Waals surface area contributed by atoms with Gasteiger partial charge in [-0.3, -0.25) is 4.79 Å². The van der Waals surface area contributed by atoms with Crippen LogP contribution in [0.3, 0.4) is 0 Å². The van der Waals surface area contributed by atoms with Crippen LogP contribution in [0.2, 0.25) is 0 Å². The Morgan fingerprint density at radius 1 is 1.50 bits per heavy atom. The van der Waals surface area contributed by atoms with E-state index in [1.165, 1.54) is 0 Å². The Hall–Kier alpha value is -0.370. The monoisotopic (exact) mass is 114 g/mol. The van der Waals surface area contributed by atoms with E-state index in [1.54, 1.807) is 0 Å². The summed E-state index contributed by atoms with van der Waals surface area (Å²) >= 11 is 0. The van der Waals surface area contributed by atoms with Gasteiger partial charge in [0.1, 0.15) is 0 Å². The maximum Gasteiger partial charge on any atom is 0.198 e. The summed E-state index contributed by atoms with van der Waals surface area (Å²) in [5, 5.41) is 0. The van der Waals surface area contributed by atoms with E-state index in [9.17, 15) is 4.79 Å². The van der Waals surface area contributed by atoms with Gasteiger partial charge in [-0.2, -0.15) is 0 Å². The molecule has 0 amide bonds. The molecule has 0 rings (SSSR count). The average Bonchev–Trinajstić information content (AvgIpc) is 1.66. The van der Waals surface area contributed by atoms with Crippen LogP contribution in [0.1, 0.15) is 12.8 Å². The summed E-state index contributed by atoms with van der Waals surface area (Å²) in [6.07, 6.45) is 3.34. The lowest BCUT2D eigenvalue weighted by atomic mass is 10.3. The highest BCUT2D eigenvalue weighted by molar-refractivity contribution is 5.50. The fourth-order valence-corrected chi connectivity index (χ4v) is 0.467. The van der Waals surface area contributed by atoms with Crippen molar-refractivity contribution in [3.63, 3.8) is 0 Å². The van der Waals surface area contributed by atoms with Crippen LogP contribution in [0.25, 0.3) is 0 Å². The third-order valence-electron chi connectivity index (χ3n) is 0.884. The fraction of sp³-hybridized carbons (Fsp3) is 0.833. The van der Waals surface area contributed by atoms with E-state index in [0.717, 1.165) is 13.0 Å². The van der Waals surface area contributed by atoms with Crippen LogP contribution in [0, 0.1) is 0 Å². The second kappa shape index (κ2) is 4.78. The minimum Gasteiger partial charge on any atom is -0.309 e. The number of carbonyl (C=O) groups excluding carboxylic acids is 1. The lowest BCUT2D eigenvalue weighted by Gasteiger charge is -2.05. The summed E-state index contributed by atoms with van der Waals surface area (Å²) < 4.78 is 0. The lowest BCUT2D eigenvalue weighted by molar-refractivity contribution is 0.401. The van der Waals surface area contributed by atoms with E-state index >= 15 is 0 Å². The van der Waals surface area contributed by atoms with Gasteiger partial charge in [-0.25, -0.2) is 0 Å². The molecule has 0 N–H and O–H groups in total. The lowest BCUT2D eigenvalue weighted by Crippen LogP contribution is -2.12. The van der Waals surface area contributed by atoms with Crippen LogP contribution >= 0.6 is 0 Å². The fourth-order valence-electron chi connectivity index (χ4n) is 0.467. The third kappa shape index (κ3) is 5.63. The van der Waals surface area contributed by atoms with Crippen LogP contribution in [-0.2, 0) is 4.79 Å². The van der Waals surface area contributed by atoms with Gasteiger partial charge in [0.2, 0.25) is 0 Å². The van der Waals surface area contributed by atoms with Crippen LogP contribution in [0.15, 0.2) is 0 Å². The average molecular weight is 114 g/mol. The normalized spacial score (nSPS) is 9.88. The van der Waals surface area contributed by atoms with Crippen molar-refractivity contribution in [1.82, 2.24) is 4.90 Å². The highest BCUT2D eigenvalue weighted by atomic mass is 16.1. The van der Waals surface area contributed by atoms with Crippen LogP contribution in [0.5, 0.6) is 0 Å². The van der Waals surface area contributed by atoms with Crippen molar-refractivity contribution < 1.29 is 4.79 Å². The van der Waals surface area contributed by atoms with Crippen molar-refractivity contribution in [2.45, 2.75) is 12.8 Å².